The maximum atomic E-state index is 13.1. The van der Waals surface area contributed by atoms with Crippen LogP contribution in [0.3, 0.4) is 0 Å². The number of hydrogen-bond acceptors (Lipinski definition) is 4. The Balaban J connectivity index is 1.34. The summed E-state index contributed by atoms with van der Waals surface area (Å²) in [5, 5.41) is 8.17. The third-order valence-corrected chi connectivity index (χ3v) is 5.43. The van der Waals surface area contributed by atoms with Gasteiger partial charge < -0.3 is 5.32 Å². The molecule has 29 heavy (non-hydrogen) atoms. The molecule has 1 N–H and O–H groups in total. The van der Waals surface area contributed by atoms with Gasteiger partial charge in [-0.1, -0.05) is 42.5 Å². The van der Waals surface area contributed by atoms with Gasteiger partial charge in [-0.3, -0.25) is 9.78 Å². The first-order valence-corrected chi connectivity index (χ1v) is 9.87. The lowest BCUT2D eigenvalue weighted by Gasteiger charge is -2.13. The summed E-state index contributed by atoms with van der Waals surface area (Å²) in [6, 6.07) is 16.1. The number of nitrogens with zero attached hydrogens (tertiary/aromatic N) is 4. The van der Waals surface area contributed by atoms with Gasteiger partial charge in [-0.15, -0.1) is 0 Å². The fraction of sp³-hybridized carbons (Fsp3) is 0.217. The third kappa shape index (κ3) is 3.49. The standard InChI is InChI=1S/C23H21N5O/c29-23(22-18-4-1-2-6-20(18)27-21-7-3-5-19(21)22)25-12-16-8-10-17(11-9-16)13-28-15-24-14-26-28/h1-2,4,6,8-11,14-15H,3,5,7,12-13H2,(H,25,29). The van der Waals surface area contributed by atoms with E-state index in [0.717, 1.165) is 58.1 Å². The maximum absolute atomic E-state index is 13.1. The molecule has 2 aromatic heterocycles. The number of carbonyl (C=O) groups excluding carboxylic acids is 1. The minimum absolute atomic E-state index is 0.0200. The van der Waals surface area contributed by atoms with E-state index < -0.39 is 0 Å². The van der Waals surface area contributed by atoms with Gasteiger partial charge in [0, 0.05) is 17.6 Å². The molecule has 144 valence electrons. The van der Waals surface area contributed by atoms with Crippen molar-refractivity contribution in [3.05, 3.63) is 89.1 Å². The predicted molar refractivity (Wildman–Crippen MR) is 111 cm³/mol. The van der Waals surface area contributed by atoms with E-state index in [2.05, 4.69) is 27.5 Å². The summed E-state index contributed by atoms with van der Waals surface area (Å²) in [4.78, 5) is 21.8. The monoisotopic (exact) mass is 383 g/mol. The highest BCUT2D eigenvalue weighted by Crippen LogP contribution is 2.29. The Labute approximate surface area is 168 Å². The summed E-state index contributed by atoms with van der Waals surface area (Å²) in [6.07, 6.45) is 6.17. The van der Waals surface area contributed by atoms with Crippen LogP contribution < -0.4 is 5.32 Å². The topological polar surface area (TPSA) is 72.7 Å². The normalized spacial score (nSPS) is 12.8. The fourth-order valence-corrected chi connectivity index (χ4v) is 4.01. The Bertz CT molecular complexity index is 1170. The van der Waals surface area contributed by atoms with Crippen LogP contribution in [0.1, 0.15) is 39.2 Å². The van der Waals surface area contributed by atoms with Crippen molar-refractivity contribution in [3.63, 3.8) is 0 Å². The quantitative estimate of drug-likeness (QED) is 0.574. The van der Waals surface area contributed by atoms with E-state index in [-0.39, 0.29) is 5.91 Å². The van der Waals surface area contributed by atoms with Crippen LogP contribution in [0.2, 0.25) is 0 Å². The summed E-state index contributed by atoms with van der Waals surface area (Å²) in [7, 11) is 0. The first kappa shape index (κ1) is 17.6. The predicted octanol–water partition coefficient (Wildman–Crippen LogP) is 3.29. The summed E-state index contributed by atoms with van der Waals surface area (Å²) in [5.41, 5.74) is 6.09. The van der Waals surface area contributed by atoms with Crippen molar-refractivity contribution in [1.82, 2.24) is 25.1 Å². The van der Waals surface area contributed by atoms with E-state index in [1.165, 1.54) is 6.33 Å². The molecule has 5 rings (SSSR count). The molecule has 0 aliphatic heterocycles. The number of fused-ring (bicyclic) bond motifs is 2. The highest BCUT2D eigenvalue weighted by molar-refractivity contribution is 6.07. The van der Waals surface area contributed by atoms with Crippen molar-refractivity contribution >= 4 is 16.8 Å². The summed E-state index contributed by atoms with van der Waals surface area (Å²) < 4.78 is 1.78. The minimum Gasteiger partial charge on any atom is -0.348 e. The van der Waals surface area contributed by atoms with Crippen LogP contribution in [0, 0.1) is 0 Å². The molecule has 0 spiro atoms. The number of hydrogen-bond donors (Lipinski definition) is 1. The molecule has 0 radical (unpaired) electrons. The Morgan fingerprint density at radius 1 is 1.03 bits per heavy atom. The molecule has 6 nitrogen and oxygen atoms in total. The first-order chi connectivity index (χ1) is 14.3. The summed E-state index contributed by atoms with van der Waals surface area (Å²) in [6.45, 7) is 1.18. The number of nitrogens with one attached hydrogen (secondary N) is 1. The first-order valence-electron chi connectivity index (χ1n) is 9.87. The van der Waals surface area contributed by atoms with Crippen LogP contribution in [-0.4, -0.2) is 25.7 Å². The van der Waals surface area contributed by atoms with Crippen molar-refractivity contribution in [1.29, 1.82) is 0 Å². The van der Waals surface area contributed by atoms with Gasteiger partial charge in [-0.2, -0.15) is 5.10 Å². The lowest BCUT2D eigenvalue weighted by molar-refractivity contribution is 0.0951. The van der Waals surface area contributed by atoms with Crippen LogP contribution in [0.15, 0.2) is 61.2 Å². The lowest BCUT2D eigenvalue weighted by Crippen LogP contribution is -2.24. The molecular formula is C23H21N5O. The number of para-hydroxylation sites is 1. The van der Waals surface area contributed by atoms with Gasteiger partial charge in [-0.25, -0.2) is 9.67 Å². The molecule has 0 saturated carbocycles. The molecule has 6 heteroatoms. The number of aromatic nitrogens is 4. The number of aryl methyl sites for hydroxylation is 1. The largest absolute Gasteiger partial charge is 0.348 e. The average Bonchev–Trinajstić information content (AvgIpc) is 3.43. The molecule has 1 aliphatic rings. The van der Waals surface area contributed by atoms with Crippen LogP contribution in [0.4, 0.5) is 0 Å². The molecule has 4 aromatic rings. The summed E-state index contributed by atoms with van der Waals surface area (Å²) >= 11 is 0. The molecular weight excluding hydrogens is 362 g/mol. The van der Waals surface area contributed by atoms with Crippen LogP contribution in [-0.2, 0) is 25.9 Å². The molecule has 1 amide bonds. The Hall–Kier alpha value is -3.54. The van der Waals surface area contributed by atoms with E-state index in [0.29, 0.717) is 13.1 Å². The molecule has 0 bridgehead atoms. The second-order valence-corrected chi connectivity index (χ2v) is 7.37. The van der Waals surface area contributed by atoms with Gasteiger partial charge in [0.25, 0.3) is 5.91 Å². The second kappa shape index (κ2) is 7.47. The molecule has 0 unspecified atom stereocenters. The zero-order valence-electron chi connectivity index (χ0n) is 16.0. The van der Waals surface area contributed by atoms with Crippen LogP contribution in [0.25, 0.3) is 10.9 Å². The molecule has 0 saturated heterocycles. The molecule has 1 aliphatic carbocycles. The van der Waals surface area contributed by atoms with Crippen molar-refractivity contribution in [2.75, 3.05) is 0 Å². The van der Waals surface area contributed by atoms with E-state index >= 15 is 0 Å². The molecule has 2 aromatic carbocycles. The van der Waals surface area contributed by atoms with Gasteiger partial charge >= 0.3 is 0 Å². The van der Waals surface area contributed by atoms with E-state index in [4.69, 9.17) is 4.98 Å². The van der Waals surface area contributed by atoms with Crippen molar-refractivity contribution in [2.45, 2.75) is 32.4 Å². The van der Waals surface area contributed by atoms with Gasteiger partial charge in [0.1, 0.15) is 12.7 Å². The third-order valence-electron chi connectivity index (χ3n) is 5.43. The smallest absolute Gasteiger partial charge is 0.252 e. The number of carbonyl (C=O) groups is 1. The summed E-state index contributed by atoms with van der Waals surface area (Å²) in [5.74, 6) is -0.0200. The highest BCUT2D eigenvalue weighted by atomic mass is 16.1. The molecule has 2 heterocycles. The Morgan fingerprint density at radius 3 is 2.69 bits per heavy atom. The van der Waals surface area contributed by atoms with Crippen LogP contribution >= 0.6 is 0 Å². The number of rotatable bonds is 5. The lowest BCUT2D eigenvalue weighted by atomic mass is 10.0. The minimum atomic E-state index is -0.0200. The van der Waals surface area contributed by atoms with E-state index in [1.807, 2.05) is 36.4 Å². The number of amides is 1. The SMILES string of the molecule is O=C(NCc1ccc(Cn2cncn2)cc1)c1c2c(nc3ccccc13)CCC2. The Morgan fingerprint density at radius 2 is 1.86 bits per heavy atom. The van der Waals surface area contributed by atoms with Gasteiger partial charge in [0.15, 0.2) is 0 Å². The van der Waals surface area contributed by atoms with Gasteiger partial charge in [-0.05, 0) is 42.0 Å². The van der Waals surface area contributed by atoms with Gasteiger partial charge in [0.05, 0.1) is 17.6 Å². The van der Waals surface area contributed by atoms with Crippen LogP contribution in [0.5, 0.6) is 0 Å². The maximum Gasteiger partial charge on any atom is 0.252 e. The average molecular weight is 383 g/mol. The molecule has 0 fully saturated rings. The second-order valence-electron chi connectivity index (χ2n) is 7.37. The highest BCUT2D eigenvalue weighted by Gasteiger charge is 2.23. The van der Waals surface area contributed by atoms with Gasteiger partial charge in [0.2, 0.25) is 0 Å². The van der Waals surface area contributed by atoms with Crippen molar-refractivity contribution in [3.8, 4) is 0 Å². The zero-order chi connectivity index (χ0) is 19.6. The van der Waals surface area contributed by atoms with E-state index in [9.17, 15) is 4.79 Å². The van der Waals surface area contributed by atoms with Crippen molar-refractivity contribution in [2.24, 2.45) is 0 Å². The van der Waals surface area contributed by atoms with E-state index in [1.54, 1.807) is 11.0 Å². The van der Waals surface area contributed by atoms with Crippen molar-refractivity contribution < 1.29 is 4.79 Å². The number of benzene rings is 2. The fourth-order valence-electron chi connectivity index (χ4n) is 4.01. The number of pyridine rings is 1. The molecule has 0 atom stereocenters. The zero-order valence-corrected chi connectivity index (χ0v) is 16.0. The Kier molecular flexibility index (Phi) is 4.52.